The molecule has 1 aliphatic rings. The lowest BCUT2D eigenvalue weighted by Crippen LogP contribution is -2.36. The molecule has 1 fully saturated rings. The molecule has 0 heterocycles. The number of rotatable bonds is 1. The first-order chi connectivity index (χ1) is 5.39. The van der Waals surface area contributed by atoms with E-state index in [1.165, 1.54) is 6.42 Å². The zero-order valence-electron chi connectivity index (χ0n) is 8.80. The van der Waals surface area contributed by atoms with E-state index in [4.69, 9.17) is 0 Å². The van der Waals surface area contributed by atoms with Crippen LogP contribution in [0.1, 0.15) is 26.2 Å². The monoisotopic (exact) mass is 186 g/mol. The second kappa shape index (κ2) is 3.50. The molecular formula is C10H22OSi. The van der Waals surface area contributed by atoms with E-state index in [1.54, 1.807) is 0 Å². The van der Waals surface area contributed by atoms with Crippen molar-refractivity contribution in [2.45, 2.75) is 57.5 Å². The van der Waals surface area contributed by atoms with Crippen molar-refractivity contribution < 1.29 is 5.11 Å². The third-order valence-electron chi connectivity index (χ3n) is 3.14. The Kier molecular flexibility index (Phi) is 3.00. The maximum Gasteiger partial charge on any atom is 0.0542 e. The molecule has 0 aromatic rings. The molecule has 1 rings (SSSR count). The molecule has 1 nitrogen and oxygen atoms in total. The zero-order chi connectivity index (χ0) is 9.35. The highest BCUT2D eigenvalue weighted by molar-refractivity contribution is 6.77. The highest BCUT2D eigenvalue weighted by atomic mass is 28.3. The highest BCUT2D eigenvalue weighted by Crippen LogP contribution is 2.39. The normalized spacial score (nSPS) is 38.2. The predicted octanol–water partition coefficient (Wildman–Crippen LogP) is 2.88. The lowest BCUT2D eigenvalue weighted by molar-refractivity contribution is 0.105. The highest BCUT2D eigenvalue weighted by Gasteiger charge is 2.33. The molecule has 1 N–H and O–H groups in total. The maximum absolute atomic E-state index is 9.64. The lowest BCUT2D eigenvalue weighted by atomic mass is 9.88. The van der Waals surface area contributed by atoms with Crippen LogP contribution in [-0.2, 0) is 0 Å². The fourth-order valence-corrected chi connectivity index (χ4v) is 4.36. The van der Waals surface area contributed by atoms with Gasteiger partial charge in [-0.2, -0.15) is 0 Å². The van der Waals surface area contributed by atoms with Crippen LogP contribution in [0.2, 0.25) is 25.2 Å². The molecule has 0 spiro atoms. The molecular weight excluding hydrogens is 164 g/mol. The SMILES string of the molecule is C[C@@H]1C[C@H](O)C[C@H]([Si](C)(C)C)C1. The fourth-order valence-electron chi connectivity index (χ4n) is 2.27. The lowest BCUT2D eigenvalue weighted by Gasteiger charge is -2.37. The van der Waals surface area contributed by atoms with Gasteiger partial charge in [-0.1, -0.05) is 33.0 Å². The van der Waals surface area contributed by atoms with Crippen LogP contribution >= 0.6 is 0 Å². The van der Waals surface area contributed by atoms with E-state index >= 15 is 0 Å². The summed E-state index contributed by atoms with van der Waals surface area (Å²) in [7, 11) is -1.000. The Bertz CT molecular complexity index is 140. The number of hydrogen-bond acceptors (Lipinski definition) is 1. The van der Waals surface area contributed by atoms with Crippen molar-refractivity contribution in [3.05, 3.63) is 0 Å². The van der Waals surface area contributed by atoms with Crippen LogP contribution < -0.4 is 0 Å². The van der Waals surface area contributed by atoms with Gasteiger partial charge in [-0.05, 0) is 24.3 Å². The van der Waals surface area contributed by atoms with Gasteiger partial charge in [0.2, 0.25) is 0 Å². The Balaban J connectivity index is 2.55. The molecule has 0 amide bonds. The molecule has 72 valence electrons. The van der Waals surface area contributed by atoms with Crippen molar-refractivity contribution >= 4 is 8.07 Å². The summed E-state index contributed by atoms with van der Waals surface area (Å²) >= 11 is 0. The quantitative estimate of drug-likeness (QED) is 0.624. The Labute approximate surface area is 77.2 Å². The van der Waals surface area contributed by atoms with Crippen LogP contribution in [0.15, 0.2) is 0 Å². The molecule has 0 saturated heterocycles. The molecule has 1 saturated carbocycles. The van der Waals surface area contributed by atoms with Gasteiger partial charge in [0.1, 0.15) is 0 Å². The average Bonchev–Trinajstić information content (AvgIpc) is 1.82. The molecule has 0 aliphatic heterocycles. The fraction of sp³-hybridized carbons (Fsp3) is 1.00. The standard InChI is InChI=1S/C10H22OSi/c1-8-5-9(11)7-10(6-8)12(2,3)4/h8-11H,5-7H2,1-4H3/t8-,9+,10-/m1/s1. The summed E-state index contributed by atoms with van der Waals surface area (Å²) < 4.78 is 0. The predicted molar refractivity (Wildman–Crippen MR) is 56.1 cm³/mol. The van der Waals surface area contributed by atoms with E-state index in [9.17, 15) is 5.11 Å². The second-order valence-electron chi connectivity index (χ2n) is 5.53. The van der Waals surface area contributed by atoms with Crippen molar-refractivity contribution in [1.82, 2.24) is 0 Å². The maximum atomic E-state index is 9.64. The van der Waals surface area contributed by atoms with Gasteiger partial charge in [-0.15, -0.1) is 0 Å². The molecule has 12 heavy (non-hydrogen) atoms. The summed E-state index contributed by atoms with van der Waals surface area (Å²) in [6, 6.07) is 0. The summed E-state index contributed by atoms with van der Waals surface area (Å²) in [5, 5.41) is 9.64. The largest absolute Gasteiger partial charge is 0.393 e. The van der Waals surface area contributed by atoms with E-state index in [1.807, 2.05) is 0 Å². The van der Waals surface area contributed by atoms with E-state index in [0.29, 0.717) is 0 Å². The molecule has 3 atom stereocenters. The van der Waals surface area contributed by atoms with E-state index in [-0.39, 0.29) is 6.10 Å². The summed E-state index contributed by atoms with van der Waals surface area (Å²) in [4.78, 5) is 0. The van der Waals surface area contributed by atoms with Crippen LogP contribution in [0.4, 0.5) is 0 Å². The van der Waals surface area contributed by atoms with Crippen molar-refractivity contribution in [2.75, 3.05) is 0 Å². The molecule has 2 heteroatoms. The minimum atomic E-state index is -1.000. The number of aliphatic hydroxyl groups is 1. The summed E-state index contributed by atoms with van der Waals surface area (Å²) in [6.07, 6.45) is 3.44. The molecule has 0 aromatic heterocycles. The minimum Gasteiger partial charge on any atom is -0.393 e. The van der Waals surface area contributed by atoms with Gasteiger partial charge < -0.3 is 5.11 Å². The molecule has 0 unspecified atom stereocenters. The third kappa shape index (κ3) is 2.59. The van der Waals surface area contributed by atoms with Gasteiger partial charge >= 0.3 is 0 Å². The molecule has 0 radical (unpaired) electrons. The molecule has 0 aromatic carbocycles. The first kappa shape index (κ1) is 10.3. The Hall–Kier alpha value is 0.177. The summed E-state index contributed by atoms with van der Waals surface area (Å²) in [6.45, 7) is 9.53. The van der Waals surface area contributed by atoms with Crippen LogP contribution in [0, 0.1) is 5.92 Å². The van der Waals surface area contributed by atoms with E-state index in [0.717, 1.165) is 24.3 Å². The third-order valence-corrected chi connectivity index (χ3v) is 6.06. The zero-order valence-corrected chi connectivity index (χ0v) is 9.80. The molecule has 0 bridgehead atoms. The van der Waals surface area contributed by atoms with Gasteiger partial charge in [0.25, 0.3) is 0 Å². The number of aliphatic hydroxyl groups excluding tert-OH is 1. The minimum absolute atomic E-state index is 0.00882. The van der Waals surface area contributed by atoms with E-state index < -0.39 is 8.07 Å². The van der Waals surface area contributed by atoms with Crippen molar-refractivity contribution in [3.8, 4) is 0 Å². The van der Waals surface area contributed by atoms with E-state index in [2.05, 4.69) is 26.6 Å². The van der Waals surface area contributed by atoms with Crippen LogP contribution in [0.3, 0.4) is 0 Å². The van der Waals surface area contributed by atoms with Crippen molar-refractivity contribution in [3.63, 3.8) is 0 Å². The van der Waals surface area contributed by atoms with Crippen LogP contribution in [0.5, 0.6) is 0 Å². The first-order valence-electron chi connectivity index (χ1n) is 5.07. The summed E-state index contributed by atoms with van der Waals surface area (Å²) in [5.41, 5.74) is 0.844. The topological polar surface area (TPSA) is 20.2 Å². The second-order valence-corrected chi connectivity index (χ2v) is 11.1. The van der Waals surface area contributed by atoms with Crippen molar-refractivity contribution in [2.24, 2.45) is 5.92 Å². The average molecular weight is 186 g/mol. The van der Waals surface area contributed by atoms with Crippen molar-refractivity contribution in [1.29, 1.82) is 0 Å². The Morgan fingerprint density at radius 1 is 1.08 bits per heavy atom. The van der Waals surface area contributed by atoms with Gasteiger partial charge in [0.05, 0.1) is 6.10 Å². The smallest absolute Gasteiger partial charge is 0.0542 e. The Morgan fingerprint density at radius 2 is 1.67 bits per heavy atom. The Morgan fingerprint density at radius 3 is 2.08 bits per heavy atom. The van der Waals surface area contributed by atoms with Gasteiger partial charge in [0, 0.05) is 8.07 Å². The van der Waals surface area contributed by atoms with Crippen LogP contribution in [0.25, 0.3) is 0 Å². The van der Waals surface area contributed by atoms with Gasteiger partial charge in [-0.25, -0.2) is 0 Å². The summed E-state index contributed by atoms with van der Waals surface area (Å²) in [5.74, 6) is 0.741. The van der Waals surface area contributed by atoms with Gasteiger partial charge in [-0.3, -0.25) is 0 Å². The first-order valence-corrected chi connectivity index (χ1v) is 8.65. The van der Waals surface area contributed by atoms with Crippen LogP contribution in [-0.4, -0.2) is 19.3 Å². The molecule has 1 aliphatic carbocycles. The van der Waals surface area contributed by atoms with Gasteiger partial charge in [0.15, 0.2) is 0 Å². The number of hydrogen-bond donors (Lipinski definition) is 1.